The fourth-order valence-electron chi connectivity index (χ4n) is 2.92. The number of hydrogen-bond donors (Lipinski definition) is 1. The van der Waals surface area contributed by atoms with Crippen LogP contribution in [0.5, 0.6) is 0 Å². The zero-order valence-electron chi connectivity index (χ0n) is 12.7. The fourth-order valence-corrected chi connectivity index (χ4v) is 2.92. The van der Waals surface area contributed by atoms with Gasteiger partial charge >= 0.3 is 0 Å². The maximum absolute atomic E-state index is 6.12. The first-order valence-corrected chi connectivity index (χ1v) is 7.71. The summed E-state index contributed by atoms with van der Waals surface area (Å²) in [6.07, 6.45) is 5.24. The highest BCUT2D eigenvalue weighted by atomic mass is 15.2. The average molecular weight is 260 g/mol. The summed E-state index contributed by atoms with van der Waals surface area (Å²) in [5.41, 5.74) is 10.3. The highest BCUT2D eigenvalue weighted by molar-refractivity contribution is 5.35. The Bertz CT molecular complexity index is 410. The van der Waals surface area contributed by atoms with Crippen LogP contribution in [0.2, 0.25) is 0 Å². The number of nitrogens with two attached hydrogens (primary N) is 1. The van der Waals surface area contributed by atoms with Crippen LogP contribution < -0.4 is 5.73 Å². The van der Waals surface area contributed by atoms with E-state index in [4.69, 9.17) is 5.73 Å². The molecule has 1 aromatic carbocycles. The molecule has 0 spiro atoms. The molecule has 1 aliphatic rings. The zero-order valence-corrected chi connectivity index (χ0v) is 12.7. The van der Waals surface area contributed by atoms with Crippen molar-refractivity contribution in [2.75, 3.05) is 13.1 Å². The van der Waals surface area contributed by atoms with Gasteiger partial charge in [0.2, 0.25) is 0 Å². The van der Waals surface area contributed by atoms with Gasteiger partial charge in [0, 0.05) is 18.6 Å². The molecule has 2 rings (SSSR count). The van der Waals surface area contributed by atoms with Crippen LogP contribution in [0.25, 0.3) is 0 Å². The minimum Gasteiger partial charge on any atom is -0.329 e. The van der Waals surface area contributed by atoms with Gasteiger partial charge in [0.15, 0.2) is 0 Å². The van der Waals surface area contributed by atoms with E-state index in [-0.39, 0.29) is 0 Å². The minimum atomic E-state index is 0.402. The number of aryl methyl sites for hydroxylation is 1. The number of hydrogen-bond acceptors (Lipinski definition) is 2. The normalized spacial score (nSPS) is 16.9. The zero-order chi connectivity index (χ0) is 13.8. The lowest BCUT2D eigenvalue weighted by Gasteiger charge is -2.32. The number of rotatable bonds is 7. The molecule has 0 saturated heterocycles. The summed E-state index contributed by atoms with van der Waals surface area (Å²) in [6, 6.07) is 7.81. The molecule has 2 heteroatoms. The molecule has 1 aliphatic carbocycles. The Balaban J connectivity index is 2.23. The lowest BCUT2D eigenvalue weighted by Crippen LogP contribution is -2.36. The Labute approximate surface area is 118 Å². The molecule has 1 saturated carbocycles. The third-order valence-electron chi connectivity index (χ3n) is 4.41. The Morgan fingerprint density at radius 1 is 1.32 bits per heavy atom. The minimum absolute atomic E-state index is 0.402. The van der Waals surface area contributed by atoms with E-state index in [0.29, 0.717) is 6.04 Å². The Hall–Kier alpha value is -0.860. The van der Waals surface area contributed by atoms with Gasteiger partial charge in [0.1, 0.15) is 0 Å². The van der Waals surface area contributed by atoms with Crippen LogP contribution in [-0.2, 0) is 0 Å². The van der Waals surface area contributed by atoms with Crippen molar-refractivity contribution in [2.45, 2.75) is 58.5 Å². The van der Waals surface area contributed by atoms with Crippen LogP contribution in [-0.4, -0.2) is 24.0 Å². The van der Waals surface area contributed by atoms with E-state index < -0.39 is 0 Å². The first-order chi connectivity index (χ1) is 9.19. The molecule has 106 valence electrons. The van der Waals surface area contributed by atoms with Gasteiger partial charge in [-0.25, -0.2) is 0 Å². The molecule has 1 aromatic rings. The molecule has 2 nitrogen and oxygen atoms in total. The molecule has 2 N–H and O–H groups in total. The van der Waals surface area contributed by atoms with Crippen LogP contribution >= 0.6 is 0 Å². The molecular formula is C17H28N2. The number of unbranched alkanes of at least 4 members (excludes halogenated alkanes) is 1. The van der Waals surface area contributed by atoms with Crippen LogP contribution in [0.15, 0.2) is 18.2 Å². The highest BCUT2D eigenvalue weighted by Crippen LogP contribution is 2.35. The van der Waals surface area contributed by atoms with Crippen LogP contribution in [0.4, 0.5) is 0 Å². The lowest BCUT2D eigenvalue weighted by atomic mass is 9.96. The summed E-state index contributed by atoms with van der Waals surface area (Å²) in [6.45, 7) is 8.61. The van der Waals surface area contributed by atoms with E-state index in [2.05, 4.69) is 43.9 Å². The second kappa shape index (κ2) is 6.53. The van der Waals surface area contributed by atoms with Gasteiger partial charge in [-0.1, -0.05) is 31.5 Å². The largest absolute Gasteiger partial charge is 0.329 e. The maximum Gasteiger partial charge on any atom is 0.0476 e. The summed E-state index contributed by atoms with van der Waals surface area (Å²) in [4.78, 5) is 2.66. The van der Waals surface area contributed by atoms with Crippen molar-refractivity contribution in [1.29, 1.82) is 0 Å². The number of benzene rings is 1. The van der Waals surface area contributed by atoms with E-state index >= 15 is 0 Å². The summed E-state index contributed by atoms with van der Waals surface area (Å²) < 4.78 is 0. The topological polar surface area (TPSA) is 29.3 Å². The van der Waals surface area contributed by atoms with Crippen molar-refractivity contribution in [3.05, 3.63) is 34.9 Å². The molecule has 0 bridgehead atoms. The molecular weight excluding hydrogens is 232 g/mol. The van der Waals surface area contributed by atoms with Crippen LogP contribution in [0.1, 0.15) is 55.3 Å². The molecule has 19 heavy (non-hydrogen) atoms. The lowest BCUT2D eigenvalue weighted by molar-refractivity contribution is 0.187. The third-order valence-corrected chi connectivity index (χ3v) is 4.41. The highest BCUT2D eigenvalue weighted by Gasteiger charge is 2.34. The van der Waals surface area contributed by atoms with Crippen LogP contribution in [0, 0.1) is 13.8 Å². The summed E-state index contributed by atoms with van der Waals surface area (Å²) >= 11 is 0. The molecule has 1 unspecified atom stereocenters. The molecule has 0 radical (unpaired) electrons. The van der Waals surface area contributed by atoms with Gasteiger partial charge in [-0.2, -0.15) is 0 Å². The third kappa shape index (κ3) is 3.37. The molecule has 0 aliphatic heterocycles. The van der Waals surface area contributed by atoms with Gasteiger partial charge in [0.25, 0.3) is 0 Å². The van der Waals surface area contributed by atoms with Crippen molar-refractivity contribution >= 4 is 0 Å². The molecule has 0 heterocycles. The molecule has 1 atom stereocenters. The molecule has 0 amide bonds. The average Bonchev–Trinajstić information content (AvgIpc) is 3.23. The van der Waals surface area contributed by atoms with E-state index in [1.165, 1.54) is 48.9 Å². The monoisotopic (exact) mass is 260 g/mol. The van der Waals surface area contributed by atoms with Gasteiger partial charge in [-0.15, -0.1) is 0 Å². The Morgan fingerprint density at radius 3 is 2.63 bits per heavy atom. The summed E-state index contributed by atoms with van der Waals surface area (Å²) in [7, 11) is 0. The molecule has 0 aromatic heterocycles. The standard InChI is InChI=1S/C17H28N2/c1-4-5-11-19(15-9-10-15)17(12-18)16-8-6-7-13(2)14(16)3/h6-8,15,17H,4-5,9-12,18H2,1-3H3. The Kier molecular flexibility index (Phi) is 5.00. The first-order valence-electron chi connectivity index (χ1n) is 7.71. The maximum atomic E-state index is 6.12. The second-order valence-electron chi connectivity index (χ2n) is 5.86. The van der Waals surface area contributed by atoms with Crippen molar-refractivity contribution in [2.24, 2.45) is 5.73 Å². The quantitative estimate of drug-likeness (QED) is 0.812. The van der Waals surface area contributed by atoms with Gasteiger partial charge < -0.3 is 5.73 Å². The van der Waals surface area contributed by atoms with Crippen molar-refractivity contribution < 1.29 is 0 Å². The van der Waals surface area contributed by atoms with E-state index in [9.17, 15) is 0 Å². The van der Waals surface area contributed by atoms with E-state index in [1.54, 1.807) is 0 Å². The van der Waals surface area contributed by atoms with E-state index in [1.807, 2.05) is 0 Å². The summed E-state index contributed by atoms with van der Waals surface area (Å²) in [5.74, 6) is 0. The van der Waals surface area contributed by atoms with Crippen LogP contribution in [0.3, 0.4) is 0 Å². The number of nitrogens with zero attached hydrogens (tertiary/aromatic N) is 1. The van der Waals surface area contributed by atoms with E-state index in [0.717, 1.165) is 12.6 Å². The SMILES string of the molecule is CCCCN(C1CC1)C(CN)c1cccc(C)c1C. The van der Waals surface area contributed by atoms with Gasteiger partial charge in [0.05, 0.1) is 0 Å². The van der Waals surface area contributed by atoms with Gasteiger partial charge in [-0.3, -0.25) is 4.90 Å². The summed E-state index contributed by atoms with van der Waals surface area (Å²) in [5, 5.41) is 0. The van der Waals surface area contributed by atoms with Crippen molar-refractivity contribution in [3.8, 4) is 0 Å². The van der Waals surface area contributed by atoms with Crippen molar-refractivity contribution in [3.63, 3.8) is 0 Å². The van der Waals surface area contributed by atoms with Crippen molar-refractivity contribution in [1.82, 2.24) is 4.90 Å². The molecule has 1 fully saturated rings. The second-order valence-corrected chi connectivity index (χ2v) is 5.86. The predicted molar refractivity (Wildman–Crippen MR) is 82.3 cm³/mol. The Morgan fingerprint density at radius 2 is 2.05 bits per heavy atom. The first kappa shape index (κ1) is 14.5. The fraction of sp³-hybridized carbons (Fsp3) is 0.647. The smallest absolute Gasteiger partial charge is 0.0476 e. The van der Waals surface area contributed by atoms with Gasteiger partial charge in [-0.05, 0) is 56.3 Å². The predicted octanol–water partition coefficient (Wildman–Crippen LogP) is 3.57.